The summed E-state index contributed by atoms with van der Waals surface area (Å²) in [5, 5.41) is 1.15. The highest BCUT2D eigenvalue weighted by atomic mass is 16.2. The highest BCUT2D eigenvalue weighted by Crippen LogP contribution is 2.31. The van der Waals surface area contributed by atoms with Crippen molar-refractivity contribution in [1.82, 2.24) is 9.88 Å². The number of aromatic amines is 1. The zero-order chi connectivity index (χ0) is 20.5. The molecule has 30 heavy (non-hydrogen) atoms. The molecule has 0 spiro atoms. The fourth-order valence-corrected chi connectivity index (χ4v) is 5.17. The van der Waals surface area contributed by atoms with Crippen molar-refractivity contribution in [2.45, 2.75) is 31.7 Å². The first-order chi connectivity index (χ1) is 14.7. The van der Waals surface area contributed by atoms with E-state index in [9.17, 15) is 4.79 Å². The first kappa shape index (κ1) is 19.3. The molecule has 2 aliphatic rings. The van der Waals surface area contributed by atoms with Gasteiger partial charge in [-0.2, -0.15) is 0 Å². The van der Waals surface area contributed by atoms with Crippen LogP contribution < -0.4 is 10.6 Å². The van der Waals surface area contributed by atoms with Crippen molar-refractivity contribution in [3.63, 3.8) is 0 Å². The molecule has 1 saturated heterocycles. The van der Waals surface area contributed by atoms with Gasteiger partial charge >= 0.3 is 0 Å². The number of carbonyl (C=O) groups excluding carboxylic acids is 1. The van der Waals surface area contributed by atoms with Crippen LogP contribution in [0.1, 0.15) is 24.0 Å². The van der Waals surface area contributed by atoms with Crippen LogP contribution in [0.5, 0.6) is 0 Å². The van der Waals surface area contributed by atoms with Gasteiger partial charge in [-0.1, -0.05) is 36.4 Å². The predicted molar refractivity (Wildman–Crippen MR) is 122 cm³/mol. The topological polar surface area (TPSA) is 65.4 Å². The van der Waals surface area contributed by atoms with E-state index in [2.05, 4.69) is 40.2 Å². The molecule has 5 nitrogen and oxygen atoms in total. The molecule has 0 bridgehead atoms. The van der Waals surface area contributed by atoms with Gasteiger partial charge < -0.3 is 20.5 Å². The largest absolute Gasteiger partial charge is 0.361 e. The number of nitrogens with zero attached hydrogens (tertiary/aromatic N) is 2. The Labute approximate surface area is 177 Å². The lowest BCUT2D eigenvalue weighted by atomic mass is 9.91. The maximum atomic E-state index is 13.5. The smallest absolute Gasteiger partial charge is 0.244 e. The van der Waals surface area contributed by atoms with Gasteiger partial charge in [-0.05, 0) is 68.0 Å². The van der Waals surface area contributed by atoms with E-state index < -0.39 is 6.04 Å². The Balaban J connectivity index is 1.36. The van der Waals surface area contributed by atoms with Gasteiger partial charge in [0, 0.05) is 35.9 Å². The molecule has 5 rings (SSSR count). The van der Waals surface area contributed by atoms with Gasteiger partial charge in [-0.3, -0.25) is 4.79 Å². The molecule has 0 radical (unpaired) electrons. The minimum Gasteiger partial charge on any atom is -0.361 e. The van der Waals surface area contributed by atoms with E-state index in [1.54, 1.807) is 0 Å². The summed E-state index contributed by atoms with van der Waals surface area (Å²) in [4.78, 5) is 21.3. The minimum atomic E-state index is -0.553. The predicted octanol–water partition coefficient (Wildman–Crippen LogP) is 3.34. The Kier molecular flexibility index (Phi) is 5.32. The zero-order valence-corrected chi connectivity index (χ0v) is 17.4. The number of hydrogen-bond acceptors (Lipinski definition) is 3. The Morgan fingerprint density at radius 1 is 1.10 bits per heavy atom. The van der Waals surface area contributed by atoms with Gasteiger partial charge in [-0.25, -0.2) is 0 Å². The normalized spacial score (nSPS) is 20.4. The molecule has 1 aromatic heterocycles. The van der Waals surface area contributed by atoms with Crippen LogP contribution in [-0.2, 0) is 17.6 Å². The van der Waals surface area contributed by atoms with E-state index in [4.69, 9.17) is 5.73 Å². The summed E-state index contributed by atoms with van der Waals surface area (Å²) in [5.74, 6) is 0.487. The first-order valence-electron chi connectivity index (χ1n) is 11.1. The molecule has 3 aromatic rings. The first-order valence-corrected chi connectivity index (χ1v) is 11.1. The molecule has 156 valence electrons. The van der Waals surface area contributed by atoms with Crippen LogP contribution in [0, 0.1) is 5.92 Å². The van der Waals surface area contributed by atoms with Crippen LogP contribution in [0.25, 0.3) is 10.9 Å². The molecule has 1 unspecified atom stereocenters. The van der Waals surface area contributed by atoms with Crippen molar-refractivity contribution in [1.29, 1.82) is 0 Å². The van der Waals surface area contributed by atoms with E-state index in [0.29, 0.717) is 12.3 Å². The second-order valence-corrected chi connectivity index (χ2v) is 8.83. The summed E-state index contributed by atoms with van der Waals surface area (Å²) in [5.41, 5.74) is 11.0. The third-order valence-corrected chi connectivity index (χ3v) is 6.64. The summed E-state index contributed by atoms with van der Waals surface area (Å²) >= 11 is 0. The van der Waals surface area contributed by atoms with Crippen LogP contribution in [0.2, 0.25) is 0 Å². The Bertz CT molecular complexity index is 1040. The average molecular weight is 403 g/mol. The molecule has 0 aliphatic carbocycles. The monoisotopic (exact) mass is 402 g/mol. The summed E-state index contributed by atoms with van der Waals surface area (Å²) in [7, 11) is 0. The molecule has 1 amide bonds. The van der Waals surface area contributed by atoms with E-state index in [0.717, 1.165) is 41.7 Å². The van der Waals surface area contributed by atoms with Gasteiger partial charge in [0.1, 0.15) is 0 Å². The van der Waals surface area contributed by atoms with Crippen molar-refractivity contribution < 1.29 is 4.79 Å². The van der Waals surface area contributed by atoms with Crippen LogP contribution >= 0.6 is 0 Å². The van der Waals surface area contributed by atoms with Crippen molar-refractivity contribution in [2.24, 2.45) is 11.7 Å². The highest BCUT2D eigenvalue weighted by Gasteiger charge is 2.32. The molecule has 1 fully saturated rings. The maximum Gasteiger partial charge on any atom is 0.244 e. The van der Waals surface area contributed by atoms with Crippen LogP contribution in [0.3, 0.4) is 0 Å². The summed E-state index contributed by atoms with van der Waals surface area (Å²) in [6, 6.07) is 15.9. The highest BCUT2D eigenvalue weighted by molar-refractivity contribution is 5.98. The lowest BCUT2D eigenvalue weighted by Gasteiger charge is -2.37. The van der Waals surface area contributed by atoms with Crippen LogP contribution in [-0.4, -0.2) is 48.0 Å². The number of carbonyl (C=O) groups is 1. The number of rotatable bonds is 5. The number of likely N-dealkylation sites (tertiary alicyclic amines) is 1. The number of benzene rings is 2. The fraction of sp³-hybridized carbons (Fsp3) is 0.400. The SMILES string of the molecule is N[C@H](Cc1c[nH]c2ccccc12)C(=O)N1CC(CN2CCCC2)Cc2ccccc21. The number of nitrogens with two attached hydrogens (primary N) is 1. The lowest BCUT2D eigenvalue weighted by Crippen LogP contribution is -2.50. The van der Waals surface area contributed by atoms with Crippen LogP contribution in [0.4, 0.5) is 5.69 Å². The van der Waals surface area contributed by atoms with E-state index >= 15 is 0 Å². The van der Waals surface area contributed by atoms with Crippen molar-refractivity contribution >= 4 is 22.5 Å². The third kappa shape index (κ3) is 3.75. The van der Waals surface area contributed by atoms with Crippen LogP contribution in [0.15, 0.2) is 54.7 Å². The fourth-order valence-electron chi connectivity index (χ4n) is 5.17. The third-order valence-electron chi connectivity index (χ3n) is 6.64. The maximum absolute atomic E-state index is 13.5. The number of H-pyrrole nitrogens is 1. The molecule has 2 atom stereocenters. The number of amides is 1. The summed E-state index contributed by atoms with van der Waals surface area (Å²) in [6.45, 7) is 4.20. The van der Waals surface area contributed by atoms with E-state index in [1.165, 1.54) is 31.5 Å². The standard InChI is InChI=1S/C25H30N4O/c26-22(14-20-15-27-23-9-3-2-8-21(20)23)25(30)29-17-18(16-28-11-5-6-12-28)13-19-7-1-4-10-24(19)29/h1-4,7-10,15,18,22,27H,5-6,11-14,16-17,26H2/t18?,22-/m1/s1. The second kappa shape index (κ2) is 8.25. The van der Waals surface area contributed by atoms with Gasteiger partial charge in [-0.15, -0.1) is 0 Å². The Hall–Kier alpha value is -2.63. The summed E-state index contributed by atoms with van der Waals surface area (Å²) < 4.78 is 0. The summed E-state index contributed by atoms with van der Waals surface area (Å²) in [6.07, 6.45) is 6.15. The number of nitrogens with one attached hydrogen (secondary N) is 1. The Morgan fingerprint density at radius 3 is 2.73 bits per heavy atom. The van der Waals surface area contributed by atoms with Gasteiger partial charge in [0.05, 0.1) is 6.04 Å². The van der Waals surface area contributed by atoms with Gasteiger partial charge in [0.25, 0.3) is 0 Å². The molecule has 0 saturated carbocycles. The molecular formula is C25H30N4O. The molecule has 2 aromatic carbocycles. The zero-order valence-electron chi connectivity index (χ0n) is 17.4. The molecule has 2 aliphatic heterocycles. The second-order valence-electron chi connectivity index (χ2n) is 8.83. The van der Waals surface area contributed by atoms with Gasteiger partial charge in [0.15, 0.2) is 0 Å². The van der Waals surface area contributed by atoms with Gasteiger partial charge in [0.2, 0.25) is 5.91 Å². The Morgan fingerprint density at radius 2 is 1.87 bits per heavy atom. The molecule has 5 heteroatoms. The van der Waals surface area contributed by atoms with Crippen molar-refractivity contribution in [3.05, 3.63) is 65.9 Å². The molecular weight excluding hydrogens is 372 g/mol. The molecule has 3 N–H and O–H groups in total. The van der Waals surface area contributed by atoms with E-state index in [-0.39, 0.29) is 5.91 Å². The van der Waals surface area contributed by atoms with Crippen molar-refractivity contribution in [2.75, 3.05) is 31.1 Å². The quantitative estimate of drug-likeness (QED) is 0.688. The number of fused-ring (bicyclic) bond motifs is 2. The van der Waals surface area contributed by atoms with Crippen molar-refractivity contribution in [3.8, 4) is 0 Å². The number of anilines is 1. The molecule has 3 heterocycles. The number of aromatic nitrogens is 1. The minimum absolute atomic E-state index is 0.0267. The number of hydrogen-bond donors (Lipinski definition) is 2. The lowest BCUT2D eigenvalue weighted by molar-refractivity contribution is -0.120. The van der Waals surface area contributed by atoms with E-state index in [1.807, 2.05) is 29.3 Å². The number of para-hydroxylation sites is 2. The average Bonchev–Trinajstić information content (AvgIpc) is 3.43.